The van der Waals surface area contributed by atoms with Crippen molar-refractivity contribution < 1.29 is 18.3 Å². The van der Waals surface area contributed by atoms with Gasteiger partial charge < -0.3 is 5.11 Å². The van der Waals surface area contributed by atoms with Crippen LogP contribution in [0.5, 0.6) is 0 Å². The molecule has 0 saturated heterocycles. The lowest BCUT2D eigenvalue weighted by Gasteiger charge is -2.05. The van der Waals surface area contributed by atoms with E-state index < -0.39 is 16.0 Å². The molecule has 2 aromatic rings. The van der Waals surface area contributed by atoms with E-state index in [1.54, 1.807) is 0 Å². The average molecular weight is 326 g/mol. The largest absolute Gasteiger partial charge is 0.478 e. The highest BCUT2D eigenvalue weighted by atomic mass is 32.2. The van der Waals surface area contributed by atoms with Gasteiger partial charge in [-0.3, -0.25) is 4.72 Å². The van der Waals surface area contributed by atoms with Gasteiger partial charge in [0.2, 0.25) is 0 Å². The molecule has 1 aromatic carbocycles. The molecule has 0 fully saturated rings. The fourth-order valence-electron chi connectivity index (χ4n) is 1.75. The maximum absolute atomic E-state index is 12.2. The van der Waals surface area contributed by atoms with Gasteiger partial charge >= 0.3 is 5.97 Å². The third-order valence-electron chi connectivity index (χ3n) is 2.86. The van der Waals surface area contributed by atoms with E-state index >= 15 is 0 Å². The third kappa shape index (κ3) is 3.40. The van der Waals surface area contributed by atoms with Gasteiger partial charge in [0.1, 0.15) is 0 Å². The van der Waals surface area contributed by atoms with E-state index in [-0.39, 0.29) is 10.5 Å². The second-order valence-electron chi connectivity index (χ2n) is 4.31. The lowest BCUT2D eigenvalue weighted by atomic mass is 10.2. The van der Waals surface area contributed by atoms with Crippen molar-refractivity contribution in [2.75, 3.05) is 4.72 Å². The normalized spacial score (nSPS) is 11.3. The van der Waals surface area contributed by atoms with Crippen LogP contribution in [-0.2, 0) is 16.4 Å². The zero-order valence-electron chi connectivity index (χ0n) is 11.5. The van der Waals surface area contributed by atoms with Gasteiger partial charge in [0.25, 0.3) is 10.0 Å². The van der Waals surface area contributed by atoms with E-state index in [9.17, 15) is 13.2 Å². The molecule has 0 saturated carbocycles. The molecule has 0 aliphatic heterocycles. The second-order valence-corrected chi connectivity index (χ2v) is 7.20. The average Bonchev–Trinajstić information content (AvgIpc) is 2.78. The monoisotopic (exact) mass is 326 g/mol. The number of anilines is 1. The van der Waals surface area contributed by atoms with Crippen LogP contribution in [0.15, 0.2) is 29.2 Å². The van der Waals surface area contributed by atoms with Crippen molar-refractivity contribution in [3.8, 4) is 0 Å². The van der Waals surface area contributed by atoms with Crippen LogP contribution in [0.1, 0.15) is 27.9 Å². The van der Waals surface area contributed by atoms with Crippen LogP contribution in [0.2, 0.25) is 0 Å². The molecule has 0 bridgehead atoms. The molecule has 8 heteroatoms. The summed E-state index contributed by atoms with van der Waals surface area (Å²) in [5, 5.41) is 9.11. The Labute approximate surface area is 126 Å². The minimum Gasteiger partial charge on any atom is -0.478 e. The quantitative estimate of drug-likeness (QED) is 0.880. The third-order valence-corrected chi connectivity index (χ3v) is 5.27. The summed E-state index contributed by atoms with van der Waals surface area (Å²) in [7, 11) is -3.76. The van der Waals surface area contributed by atoms with E-state index in [1.807, 2.05) is 13.8 Å². The lowest BCUT2D eigenvalue weighted by Crippen LogP contribution is -2.13. The summed E-state index contributed by atoms with van der Waals surface area (Å²) in [6.07, 6.45) is 0.734. The Morgan fingerprint density at radius 2 is 1.95 bits per heavy atom. The topological polar surface area (TPSA) is 96.4 Å². The van der Waals surface area contributed by atoms with E-state index in [4.69, 9.17) is 5.11 Å². The van der Waals surface area contributed by atoms with Crippen molar-refractivity contribution in [2.45, 2.75) is 25.2 Å². The van der Waals surface area contributed by atoms with Crippen LogP contribution in [0, 0.1) is 6.92 Å². The predicted molar refractivity (Wildman–Crippen MR) is 80.4 cm³/mol. The lowest BCUT2D eigenvalue weighted by molar-refractivity contribution is 0.0696. The summed E-state index contributed by atoms with van der Waals surface area (Å²) in [5.74, 6) is -1.10. The molecular weight excluding hydrogens is 312 g/mol. The number of carboxylic acid groups (broad SMARTS) is 1. The number of carbonyl (C=O) groups is 1. The molecule has 0 amide bonds. The number of nitrogens with zero attached hydrogens (tertiary/aromatic N) is 1. The zero-order valence-corrected chi connectivity index (χ0v) is 13.1. The summed E-state index contributed by atoms with van der Waals surface area (Å²) in [6, 6.07) is 5.02. The van der Waals surface area contributed by atoms with Crippen LogP contribution in [-0.4, -0.2) is 24.5 Å². The van der Waals surface area contributed by atoms with E-state index in [0.29, 0.717) is 5.13 Å². The number of aromatic nitrogens is 1. The minimum absolute atomic E-state index is 0.00148. The number of benzene rings is 1. The number of carboxylic acids is 1. The van der Waals surface area contributed by atoms with E-state index in [0.717, 1.165) is 17.0 Å². The summed E-state index contributed by atoms with van der Waals surface area (Å²) in [6.45, 7) is 3.83. The summed E-state index contributed by atoms with van der Waals surface area (Å²) >= 11 is 1.27. The number of hydrogen-bond donors (Lipinski definition) is 2. The molecule has 2 N–H and O–H groups in total. The standard InChI is InChI=1S/C13H14N2O4S2/c1-3-11-8(2)20-13(14-11)15-21(18,19)10-6-4-9(5-7-10)12(16)17/h4-7H,3H2,1-2H3,(H,14,15)(H,16,17). The molecule has 0 aliphatic rings. The van der Waals surface area contributed by atoms with Gasteiger partial charge in [0.05, 0.1) is 16.2 Å². The Morgan fingerprint density at radius 1 is 1.33 bits per heavy atom. The van der Waals surface area contributed by atoms with Crippen LogP contribution >= 0.6 is 11.3 Å². The first kappa shape index (κ1) is 15.5. The number of sulfonamides is 1. The van der Waals surface area contributed by atoms with Crippen molar-refractivity contribution in [1.82, 2.24) is 4.98 Å². The highest BCUT2D eigenvalue weighted by Crippen LogP contribution is 2.25. The number of aromatic carboxylic acids is 1. The molecule has 21 heavy (non-hydrogen) atoms. The van der Waals surface area contributed by atoms with E-state index in [2.05, 4.69) is 9.71 Å². The molecule has 0 aliphatic carbocycles. The molecule has 1 heterocycles. The van der Waals surface area contributed by atoms with Gasteiger partial charge in [-0.25, -0.2) is 18.2 Å². The molecular formula is C13H14N2O4S2. The van der Waals surface area contributed by atoms with E-state index in [1.165, 1.54) is 35.6 Å². The number of rotatable bonds is 5. The van der Waals surface area contributed by atoms with Crippen molar-refractivity contribution >= 4 is 32.5 Å². The smallest absolute Gasteiger partial charge is 0.335 e. The van der Waals surface area contributed by atoms with Crippen LogP contribution in [0.3, 0.4) is 0 Å². The maximum Gasteiger partial charge on any atom is 0.335 e. The summed E-state index contributed by atoms with van der Waals surface area (Å²) in [4.78, 5) is 15.9. The number of thiazole rings is 1. The van der Waals surface area contributed by atoms with Crippen molar-refractivity contribution in [1.29, 1.82) is 0 Å². The maximum atomic E-state index is 12.2. The first-order valence-corrected chi connectivity index (χ1v) is 8.46. The van der Waals surface area contributed by atoms with Gasteiger partial charge in [-0.2, -0.15) is 0 Å². The van der Waals surface area contributed by atoms with Crippen LogP contribution in [0.25, 0.3) is 0 Å². The van der Waals surface area contributed by atoms with Crippen molar-refractivity contribution in [3.05, 3.63) is 40.4 Å². The molecule has 0 unspecified atom stereocenters. The summed E-state index contributed by atoms with van der Waals surface area (Å²) in [5.41, 5.74) is 0.895. The Kier molecular flexibility index (Phi) is 4.29. The first-order valence-electron chi connectivity index (χ1n) is 6.16. The van der Waals surface area contributed by atoms with Crippen LogP contribution in [0.4, 0.5) is 5.13 Å². The second kappa shape index (κ2) is 5.82. The summed E-state index contributed by atoms with van der Waals surface area (Å²) < 4.78 is 26.8. The molecule has 0 radical (unpaired) electrons. The Bertz CT molecular complexity index is 764. The van der Waals surface area contributed by atoms with Gasteiger partial charge in [-0.05, 0) is 37.6 Å². The Hall–Kier alpha value is -1.93. The molecule has 1 aromatic heterocycles. The molecule has 112 valence electrons. The van der Waals surface area contributed by atoms with Gasteiger partial charge in [-0.1, -0.05) is 6.92 Å². The predicted octanol–water partition coefficient (Wildman–Crippen LogP) is 2.51. The highest BCUT2D eigenvalue weighted by molar-refractivity contribution is 7.93. The molecule has 2 rings (SSSR count). The van der Waals surface area contributed by atoms with Crippen molar-refractivity contribution in [3.63, 3.8) is 0 Å². The van der Waals surface area contributed by atoms with Gasteiger partial charge in [-0.15, -0.1) is 11.3 Å². The molecule has 6 nitrogen and oxygen atoms in total. The van der Waals surface area contributed by atoms with Gasteiger partial charge in [0.15, 0.2) is 5.13 Å². The van der Waals surface area contributed by atoms with Crippen LogP contribution < -0.4 is 4.72 Å². The fourth-order valence-corrected chi connectivity index (χ4v) is 3.89. The first-order chi connectivity index (χ1) is 9.83. The Balaban J connectivity index is 2.26. The minimum atomic E-state index is -3.76. The van der Waals surface area contributed by atoms with Gasteiger partial charge in [0, 0.05) is 4.88 Å². The SMILES string of the molecule is CCc1nc(NS(=O)(=O)c2ccc(C(=O)O)cc2)sc1C. The zero-order chi connectivity index (χ0) is 15.6. The number of hydrogen-bond acceptors (Lipinski definition) is 5. The fraction of sp³-hybridized carbons (Fsp3) is 0.231. The highest BCUT2D eigenvalue weighted by Gasteiger charge is 2.17. The number of nitrogens with one attached hydrogen (secondary N) is 1. The number of aryl methyl sites for hydroxylation is 2. The molecule has 0 spiro atoms. The Morgan fingerprint density at radius 3 is 2.43 bits per heavy atom. The van der Waals surface area contributed by atoms with Crippen molar-refractivity contribution in [2.24, 2.45) is 0 Å². The molecule has 0 atom stereocenters.